The van der Waals surface area contributed by atoms with E-state index in [9.17, 15) is 0 Å². The van der Waals surface area contributed by atoms with Crippen LogP contribution >= 0.6 is 0 Å². The van der Waals surface area contributed by atoms with Crippen LogP contribution in [0.2, 0.25) is 0 Å². The maximum absolute atomic E-state index is 5.74. The molecular formula is C17H24N2O. The summed E-state index contributed by atoms with van der Waals surface area (Å²) < 4.78 is 8.08. The Kier molecular flexibility index (Phi) is 3.97. The van der Waals surface area contributed by atoms with Crippen molar-refractivity contribution in [3.8, 4) is 5.75 Å². The highest BCUT2D eigenvalue weighted by atomic mass is 16.5. The van der Waals surface area contributed by atoms with Gasteiger partial charge in [0.1, 0.15) is 5.75 Å². The number of benzene rings is 1. The molecule has 1 N–H and O–H groups in total. The molecule has 0 bridgehead atoms. The van der Waals surface area contributed by atoms with E-state index in [0.29, 0.717) is 0 Å². The van der Waals surface area contributed by atoms with E-state index in [-0.39, 0.29) is 6.10 Å². The summed E-state index contributed by atoms with van der Waals surface area (Å²) >= 11 is 0. The molecule has 1 fully saturated rings. The Hall–Kier alpha value is -1.48. The van der Waals surface area contributed by atoms with E-state index < -0.39 is 0 Å². The zero-order valence-electron chi connectivity index (χ0n) is 12.4. The molecule has 3 nitrogen and oxygen atoms in total. The summed E-state index contributed by atoms with van der Waals surface area (Å²) in [5.41, 5.74) is 1.30. The summed E-state index contributed by atoms with van der Waals surface area (Å²) in [5, 5.41) is 4.83. The van der Waals surface area contributed by atoms with Gasteiger partial charge in [0.15, 0.2) is 0 Å². The largest absolute Gasteiger partial charge is 0.491 e. The third-order valence-electron chi connectivity index (χ3n) is 3.70. The van der Waals surface area contributed by atoms with E-state index in [2.05, 4.69) is 54.2 Å². The first-order chi connectivity index (χ1) is 9.72. The molecule has 1 aromatic carbocycles. The highest BCUT2D eigenvalue weighted by Crippen LogP contribution is 2.23. The van der Waals surface area contributed by atoms with E-state index in [1.165, 1.54) is 30.2 Å². The lowest BCUT2D eigenvalue weighted by Gasteiger charge is -2.10. The van der Waals surface area contributed by atoms with Crippen molar-refractivity contribution in [2.24, 2.45) is 0 Å². The summed E-state index contributed by atoms with van der Waals surface area (Å²) in [6.45, 7) is 6.32. The zero-order chi connectivity index (χ0) is 13.9. The molecule has 0 radical (unpaired) electrons. The Morgan fingerprint density at radius 1 is 1.30 bits per heavy atom. The van der Waals surface area contributed by atoms with Crippen LogP contribution in [0.3, 0.4) is 0 Å². The monoisotopic (exact) mass is 272 g/mol. The second kappa shape index (κ2) is 5.88. The molecule has 0 atom stereocenters. The van der Waals surface area contributed by atoms with E-state index in [1.54, 1.807) is 0 Å². The smallest absolute Gasteiger partial charge is 0.120 e. The molecule has 3 rings (SSSR count). The van der Waals surface area contributed by atoms with Gasteiger partial charge in [-0.1, -0.05) is 0 Å². The van der Waals surface area contributed by atoms with Crippen LogP contribution < -0.4 is 10.1 Å². The van der Waals surface area contributed by atoms with Crippen LogP contribution in [0.1, 0.15) is 33.1 Å². The fraction of sp³-hybridized carbons (Fsp3) is 0.529. The molecular weight excluding hydrogens is 248 g/mol. The minimum atomic E-state index is 0.225. The molecule has 1 heterocycles. The van der Waals surface area contributed by atoms with Crippen molar-refractivity contribution in [3.63, 3.8) is 0 Å². The lowest BCUT2D eigenvalue weighted by atomic mass is 10.2. The Morgan fingerprint density at radius 3 is 2.90 bits per heavy atom. The molecule has 0 saturated heterocycles. The third-order valence-corrected chi connectivity index (χ3v) is 3.70. The van der Waals surface area contributed by atoms with Crippen molar-refractivity contribution >= 4 is 10.9 Å². The van der Waals surface area contributed by atoms with E-state index >= 15 is 0 Å². The normalized spacial score (nSPS) is 15.2. The number of hydrogen-bond acceptors (Lipinski definition) is 2. The van der Waals surface area contributed by atoms with Crippen molar-refractivity contribution in [3.05, 3.63) is 30.5 Å². The highest BCUT2D eigenvalue weighted by Gasteiger charge is 2.19. The third kappa shape index (κ3) is 3.34. The van der Waals surface area contributed by atoms with E-state index in [4.69, 9.17) is 4.74 Å². The molecule has 108 valence electrons. The highest BCUT2D eigenvalue weighted by molar-refractivity contribution is 5.81. The van der Waals surface area contributed by atoms with Crippen molar-refractivity contribution < 1.29 is 4.74 Å². The Balaban J connectivity index is 1.62. The first-order valence-electron chi connectivity index (χ1n) is 7.71. The predicted molar refractivity (Wildman–Crippen MR) is 83.3 cm³/mol. The average Bonchev–Trinajstić information content (AvgIpc) is 3.15. The number of nitrogens with zero attached hydrogens (tertiary/aromatic N) is 1. The van der Waals surface area contributed by atoms with Gasteiger partial charge in [-0.2, -0.15) is 0 Å². The van der Waals surface area contributed by atoms with Gasteiger partial charge in [0.25, 0.3) is 0 Å². The molecule has 1 aliphatic carbocycles. The van der Waals surface area contributed by atoms with Gasteiger partial charge in [-0.3, -0.25) is 0 Å². The average molecular weight is 272 g/mol. The van der Waals surface area contributed by atoms with E-state index in [0.717, 1.165) is 24.9 Å². The first kappa shape index (κ1) is 13.5. The molecule has 3 heteroatoms. The molecule has 2 aromatic rings. The number of hydrogen-bond donors (Lipinski definition) is 1. The van der Waals surface area contributed by atoms with Crippen LogP contribution in [0.5, 0.6) is 5.75 Å². The summed E-state index contributed by atoms with van der Waals surface area (Å²) in [5.74, 6) is 0.959. The van der Waals surface area contributed by atoms with Crippen molar-refractivity contribution in [1.29, 1.82) is 0 Å². The molecule has 0 amide bonds. The second-order valence-corrected chi connectivity index (χ2v) is 5.98. The van der Waals surface area contributed by atoms with Gasteiger partial charge in [0, 0.05) is 29.7 Å². The van der Waals surface area contributed by atoms with Gasteiger partial charge in [-0.25, -0.2) is 0 Å². The molecule has 0 aliphatic heterocycles. The van der Waals surface area contributed by atoms with Crippen LogP contribution in [0.15, 0.2) is 30.5 Å². The van der Waals surface area contributed by atoms with Gasteiger partial charge in [0.05, 0.1) is 6.10 Å². The fourth-order valence-electron chi connectivity index (χ4n) is 2.56. The summed E-state index contributed by atoms with van der Waals surface area (Å²) in [6, 6.07) is 9.36. The minimum absolute atomic E-state index is 0.225. The van der Waals surface area contributed by atoms with Crippen LogP contribution in [0, 0.1) is 0 Å². The molecule has 1 aliphatic rings. The number of fused-ring (bicyclic) bond motifs is 1. The summed E-state index contributed by atoms with van der Waals surface area (Å²) in [4.78, 5) is 0. The molecule has 1 saturated carbocycles. The number of nitrogens with one attached hydrogen (secondary N) is 1. The topological polar surface area (TPSA) is 26.2 Å². The lowest BCUT2D eigenvalue weighted by Crippen LogP contribution is -2.18. The predicted octanol–water partition coefficient (Wildman–Crippen LogP) is 3.57. The summed E-state index contributed by atoms with van der Waals surface area (Å²) in [6.07, 6.45) is 6.32. The van der Waals surface area contributed by atoms with Crippen LogP contribution in [0.25, 0.3) is 10.9 Å². The Labute approximate surface area is 120 Å². The number of ether oxygens (including phenoxy) is 1. The number of aromatic nitrogens is 1. The van der Waals surface area contributed by atoms with Crippen LogP contribution in [-0.4, -0.2) is 23.3 Å². The van der Waals surface area contributed by atoms with Gasteiger partial charge < -0.3 is 14.6 Å². The van der Waals surface area contributed by atoms with Crippen LogP contribution in [0.4, 0.5) is 0 Å². The lowest BCUT2D eigenvalue weighted by molar-refractivity contribution is 0.243. The Bertz CT molecular complexity index is 569. The van der Waals surface area contributed by atoms with Crippen molar-refractivity contribution in [1.82, 2.24) is 9.88 Å². The maximum Gasteiger partial charge on any atom is 0.120 e. The quantitative estimate of drug-likeness (QED) is 0.780. The van der Waals surface area contributed by atoms with Crippen LogP contribution in [-0.2, 0) is 6.54 Å². The van der Waals surface area contributed by atoms with Crippen molar-refractivity contribution in [2.75, 3.05) is 6.54 Å². The molecule has 0 spiro atoms. The molecule has 20 heavy (non-hydrogen) atoms. The zero-order valence-corrected chi connectivity index (χ0v) is 12.4. The molecule has 1 aromatic heterocycles. The summed E-state index contributed by atoms with van der Waals surface area (Å²) in [7, 11) is 0. The first-order valence-corrected chi connectivity index (χ1v) is 7.71. The van der Waals surface area contributed by atoms with E-state index in [1.807, 2.05) is 0 Å². The van der Waals surface area contributed by atoms with Gasteiger partial charge in [-0.15, -0.1) is 0 Å². The van der Waals surface area contributed by atoms with Gasteiger partial charge in [-0.05, 0) is 63.9 Å². The second-order valence-electron chi connectivity index (χ2n) is 5.98. The number of rotatable bonds is 7. The van der Waals surface area contributed by atoms with Gasteiger partial charge >= 0.3 is 0 Å². The fourth-order valence-corrected chi connectivity index (χ4v) is 2.56. The van der Waals surface area contributed by atoms with Gasteiger partial charge in [0.2, 0.25) is 0 Å². The molecule has 0 unspecified atom stereocenters. The maximum atomic E-state index is 5.74. The number of aryl methyl sites for hydroxylation is 1. The standard InChI is InChI=1S/C17H24N2O/c1-13(2)20-16-6-7-17-14(12-16)8-11-19(17)10-3-9-18-15-4-5-15/h6-8,11-13,15,18H,3-5,9-10H2,1-2H3. The Morgan fingerprint density at radius 2 is 2.15 bits per heavy atom. The van der Waals surface area contributed by atoms with Crippen molar-refractivity contribution in [2.45, 2.75) is 51.8 Å². The SMILES string of the molecule is CC(C)Oc1ccc2c(ccn2CCCNC2CC2)c1. The minimum Gasteiger partial charge on any atom is -0.491 e.